The first-order valence-corrected chi connectivity index (χ1v) is 3.56. The molecule has 5 nitrogen and oxygen atoms in total. The highest BCUT2D eigenvalue weighted by atomic mass is 32.1. The van der Waals surface area contributed by atoms with Crippen molar-refractivity contribution in [3.63, 3.8) is 0 Å². The Kier molecular flexibility index (Phi) is 4.80. The van der Waals surface area contributed by atoms with Gasteiger partial charge in [-0.1, -0.05) is 6.92 Å². The summed E-state index contributed by atoms with van der Waals surface area (Å²) < 4.78 is 0. The molecule has 0 aliphatic rings. The van der Waals surface area contributed by atoms with Crippen LogP contribution in [0, 0.1) is 4.91 Å². The Morgan fingerprint density at radius 3 is 2.73 bits per heavy atom. The van der Waals surface area contributed by atoms with E-state index >= 15 is 0 Å². The summed E-state index contributed by atoms with van der Waals surface area (Å²) in [4.78, 5) is 23.8. The van der Waals surface area contributed by atoms with Gasteiger partial charge in [0.15, 0.2) is 5.34 Å². The van der Waals surface area contributed by atoms with Gasteiger partial charge in [0, 0.05) is 5.25 Å². The minimum absolute atomic E-state index is 0.01000. The Bertz CT molecular complexity index is 151. The van der Waals surface area contributed by atoms with Crippen LogP contribution in [0.2, 0.25) is 0 Å². The molecule has 0 heterocycles. The predicted molar refractivity (Wildman–Crippen MR) is 42.9 cm³/mol. The fourth-order valence-electron chi connectivity index (χ4n) is 0.568. The van der Waals surface area contributed by atoms with Crippen molar-refractivity contribution in [3.8, 4) is 0 Å². The molecule has 0 aromatic carbocycles. The van der Waals surface area contributed by atoms with E-state index in [1.807, 2.05) is 5.34 Å². The molecule has 0 saturated carbocycles. The highest BCUT2D eigenvalue weighted by Gasteiger charge is 2.17. The Balaban J connectivity index is 3.72. The van der Waals surface area contributed by atoms with Crippen molar-refractivity contribution in [2.45, 2.75) is 24.6 Å². The minimum Gasteiger partial charge on any atom is -0.318 e. The van der Waals surface area contributed by atoms with Gasteiger partial charge in [0.1, 0.15) is 6.04 Å². The molecule has 0 saturated heterocycles. The van der Waals surface area contributed by atoms with E-state index in [9.17, 15) is 9.70 Å². The van der Waals surface area contributed by atoms with Gasteiger partial charge in [-0.3, -0.25) is 4.84 Å². The van der Waals surface area contributed by atoms with Gasteiger partial charge < -0.3 is 5.73 Å². The molecule has 1 unspecified atom stereocenters. The zero-order valence-electron chi connectivity index (χ0n) is 6.06. The number of nitrogens with zero attached hydrogens (tertiary/aromatic N) is 1. The number of rotatable bonds is 4. The molecular weight excluding hydrogens is 168 g/mol. The van der Waals surface area contributed by atoms with Crippen molar-refractivity contribution < 1.29 is 9.63 Å². The Hall–Kier alpha value is -0.620. The number of nitrogens with two attached hydrogens (primary N) is 1. The van der Waals surface area contributed by atoms with E-state index in [0.717, 1.165) is 0 Å². The molecule has 0 amide bonds. The molecular formula is C5H10N2O3S. The van der Waals surface area contributed by atoms with Crippen LogP contribution in [0.4, 0.5) is 0 Å². The lowest BCUT2D eigenvalue weighted by molar-refractivity contribution is -0.145. The lowest BCUT2D eigenvalue weighted by Crippen LogP contribution is -2.33. The molecule has 64 valence electrons. The fourth-order valence-corrected chi connectivity index (χ4v) is 0.795. The summed E-state index contributed by atoms with van der Waals surface area (Å²) in [5, 5.41) is 1.95. The monoisotopic (exact) mass is 178 g/mol. The molecule has 0 aromatic heterocycles. The summed E-state index contributed by atoms with van der Waals surface area (Å²) in [6, 6.07) is -0.819. The van der Waals surface area contributed by atoms with Crippen LogP contribution >= 0.6 is 12.6 Å². The van der Waals surface area contributed by atoms with Gasteiger partial charge in [-0.25, -0.2) is 4.79 Å². The Morgan fingerprint density at radius 2 is 2.36 bits per heavy atom. The topological polar surface area (TPSA) is 81.8 Å². The normalized spacial score (nSPS) is 15.2. The van der Waals surface area contributed by atoms with Gasteiger partial charge in [0.25, 0.3) is 0 Å². The summed E-state index contributed by atoms with van der Waals surface area (Å²) in [6.45, 7) is 1.78. The average molecular weight is 178 g/mol. The van der Waals surface area contributed by atoms with E-state index in [1.165, 1.54) is 0 Å². The molecule has 0 rings (SSSR count). The van der Waals surface area contributed by atoms with Crippen molar-refractivity contribution in [2.24, 2.45) is 11.1 Å². The molecule has 0 fully saturated rings. The second-order valence-corrected chi connectivity index (χ2v) is 3.06. The average Bonchev–Trinajstić information content (AvgIpc) is 1.86. The van der Waals surface area contributed by atoms with Crippen LogP contribution in [0.1, 0.15) is 13.3 Å². The van der Waals surface area contributed by atoms with E-state index in [4.69, 9.17) is 5.73 Å². The summed E-state index contributed by atoms with van der Waals surface area (Å²) in [5.41, 5.74) is 5.28. The second-order valence-electron chi connectivity index (χ2n) is 2.18. The summed E-state index contributed by atoms with van der Waals surface area (Å²) in [7, 11) is 0. The number of hydrogen-bond donors (Lipinski definition) is 2. The SMILES string of the molecule is CC(S)C[C@H](N)C(=O)ON=O. The maximum atomic E-state index is 10.6. The highest BCUT2D eigenvalue weighted by Crippen LogP contribution is 2.03. The number of thiol groups is 1. The molecule has 2 atom stereocenters. The summed E-state index contributed by atoms with van der Waals surface area (Å²) in [6.07, 6.45) is 0.359. The van der Waals surface area contributed by atoms with Crippen LogP contribution in [0.25, 0.3) is 0 Å². The molecule has 0 aliphatic heterocycles. The predicted octanol–water partition coefficient (Wildman–Crippen LogP) is 0.247. The minimum atomic E-state index is -0.819. The first kappa shape index (κ1) is 10.4. The van der Waals surface area contributed by atoms with E-state index in [2.05, 4.69) is 17.5 Å². The van der Waals surface area contributed by atoms with Crippen LogP contribution in [0.3, 0.4) is 0 Å². The first-order chi connectivity index (χ1) is 5.07. The van der Waals surface area contributed by atoms with Crippen molar-refractivity contribution in [1.29, 1.82) is 0 Å². The first-order valence-electron chi connectivity index (χ1n) is 3.05. The van der Waals surface area contributed by atoms with Crippen LogP contribution in [-0.4, -0.2) is 17.3 Å². The zero-order chi connectivity index (χ0) is 8.85. The molecule has 0 aliphatic carbocycles. The molecule has 0 aromatic rings. The largest absolute Gasteiger partial charge is 0.355 e. The van der Waals surface area contributed by atoms with Crippen LogP contribution in [0.15, 0.2) is 5.34 Å². The number of carbonyl (C=O) groups is 1. The standard InChI is InChI=1S/C5H10N2O3S/c1-3(11)2-4(6)5(8)10-7-9/h3-4,11H,2,6H2,1H3/t3?,4-/m0/s1. The van der Waals surface area contributed by atoms with Crippen LogP contribution < -0.4 is 5.73 Å². The Morgan fingerprint density at radius 1 is 1.82 bits per heavy atom. The van der Waals surface area contributed by atoms with Gasteiger partial charge in [-0.15, -0.1) is 4.91 Å². The fraction of sp³-hybridized carbons (Fsp3) is 0.800. The van der Waals surface area contributed by atoms with E-state index < -0.39 is 12.0 Å². The number of carbonyl (C=O) groups excluding carboxylic acids is 1. The van der Waals surface area contributed by atoms with Crippen molar-refractivity contribution >= 4 is 18.6 Å². The lowest BCUT2D eigenvalue weighted by atomic mass is 10.2. The van der Waals surface area contributed by atoms with Gasteiger partial charge in [0.2, 0.25) is 0 Å². The van der Waals surface area contributed by atoms with Gasteiger partial charge in [-0.2, -0.15) is 12.6 Å². The molecule has 2 N–H and O–H groups in total. The molecule has 0 spiro atoms. The maximum Gasteiger partial charge on any atom is 0.355 e. The maximum absolute atomic E-state index is 10.6. The third-order valence-corrected chi connectivity index (χ3v) is 1.24. The van der Waals surface area contributed by atoms with Gasteiger partial charge in [-0.05, 0) is 6.42 Å². The van der Waals surface area contributed by atoms with E-state index in [1.54, 1.807) is 6.92 Å². The third kappa shape index (κ3) is 4.74. The van der Waals surface area contributed by atoms with E-state index in [0.29, 0.717) is 6.42 Å². The summed E-state index contributed by atoms with van der Waals surface area (Å²) >= 11 is 4.00. The second kappa shape index (κ2) is 5.09. The van der Waals surface area contributed by atoms with Crippen LogP contribution in [-0.2, 0) is 9.63 Å². The van der Waals surface area contributed by atoms with Crippen molar-refractivity contribution in [3.05, 3.63) is 4.91 Å². The third-order valence-electron chi connectivity index (χ3n) is 1.03. The van der Waals surface area contributed by atoms with Crippen molar-refractivity contribution in [2.75, 3.05) is 0 Å². The van der Waals surface area contributed by atoms with Crippen molar-refractivity contribution in [1.82, 2.24) is 0 Å². The number of hydrogen-bond acceptors (Lipinski definition) is 6. The van der Waals surface area contributed by atoms with Crippen LogP contribution in [0.5, 0.6) is 0 Å². The quantitative estimate of drug-likeness (QED) is 0.367. The van der Waals surface area contributed by atoms with Gasteiger partial charge in [0.05, 0.1) is 0 Å². The molecule has 11 heavy (non-hydrogen) atoms. The van der Waals surface area contributed by atoms with E-state index in [-0.39, 0.29) is 5.25 Å². The summed E-state index contributed by atoms with van der Waals surface area (Å²) in [5.74, 6) is -0.819. The molecule has 0 radical (unpaired) electrons. The zero-order valence-corrected chi connectivity index (χ0v) is 6.95. The Labute approximate surface area is 69.6 Å². The lowest BCUT2D eigenvalue weighted by Gasteiger charge is -2.08. The highest BCUT2D eigenvalue weighted by molar-refractivity contribution is 7.80. The van der Waals surface area contributed by atoms with Gasteiger partial charge >= 0.3 is 5.97 Å². The smallest absolute Gasteiger partial charge is 0.318 e. The molecule has 0 bridgehead atoms. The molecule has 6 heteroatoms.